The van der Waals surface area contributed by atoms with E-state index in [1.807, 2.05) is 31.3 Å². The van der Waals surface area contributed by atoms with Crippen LogP contribution < -0.4 is 9.75 Å². The number of hydrogen-bond donors (Lipinski definition) is 0. The van der Waals surface area contributed by atoms with Gasteiger partial charge in [-0.25, -0.2) is 0 Å². The third-order valence-corrected chi connectivity index (χ3v) is 9.05. The lowest BCUT2D eigenvalue weighted by Crippen LogP contribution is -2.39. The van der Waals surface area contributed by atoms with Crippen LogP contribution >= 0.6 is 0 Å². The zero-order valence-electron chi connectivity index (χ0n) is 24.6. The fourth-order valence-corrected chi connectivity index (χ4v) is 6.06. The summed E-state index contributed by atoms with van der Waals surface area (Å²) in [5.41, 5.74) is 7.01. The first-order chi connectivity index (χ1) is 17.1. The number of hydrogen-bond acceptors (Lipinski definition) is 1. The molecular weight excluding hydrogens is 418 g/mol. The first-order valence-electron chi connectivity index (χ1n) is 13.5. The van der Waals surface area contributed by atoms with Crippen molar-refractivity contribution in [2.24, 2.45) is 7.05 Å². The summed E-state index contributed by atoms with van der Waals surface area (Å²) >= 11 is 0. The number of para-hydroxylation sites is 1. The molecule has 168 valence electrons. The number of nitrogens with zero attached hydrogens (tertiary/aromatic N) is 1. The molecule has 0 aliphatic rings. The predicted molar refractivity (Wildman–Crippen MR) is 144 cm³/mol. The number of fused-ring (bicyclic) bond motifs is 4. The number of pyridine rings is 1. The van der Waals surface area contributed by atoms with Crippen LogP contribution in [0.1, 0.15) is 41.8 Å². The van der Waals surface area contributed by atoms with Gasteiger partial charge in [-0.3, -0.25) is 0 Å². The van der Waals surface area contributed by atoms with E-state index in [-0.39, 0.29) is 0 Å². The third kappa shape index (κ3) is 3.41. The Labute approximate surface area is 203 Å². The van der Waals surface area contributed by atoms with Gasteiger partial charge in [-0.2, -0.15) is 4.57 Å². The number of furan rings is 1. The average molecular weight is 457 g/mol. The summed E-state index contributed by atoms with van der Waals surface area (Å²) < 4.78 is 42.5. The Hall–Kier alpha value is -2.91. The Morgan fingerprint density at radius 3 is 2.45 bits per heavy atom. The highest BCUT2D eigenvalue weighted by atomic mass is 28.3. The van der Waals surface area contributed by atoms with Crippen LogP contribution in [0, 0.1) is 13.8 Å². The van der Waals surface area contributed by atoms with Gasteiger partial charge < -0.3 is 4.42 Å². The van der Waals surface area contributed by atoms with Crippen LogP contribution in [0.3, 0.4) is 0 Å². The van der Waals surface area contributed by atoms with Crippen LogP contribution in [-0.4, -0.2) is 8.07 Å². The standard InChI is InChI=1S/C30H34NOSi/c1-18(2)23-17-27(31(5)26-14-13-21(16-24(23)26)33(6,7)8)29-20(4)19(3)15-25-22-11-9-10-12-28(22)32-30(25)29/h9-18H,1-8H3/q+1/i1D3,18D. The summed E-state index contributed by atoms with van der Waals surface area (Å²) in [7, 11) is 0.345. The molecule has 5 rings (SSSR count). The molecule has 2 aromatic heterocycles. The van der Waals surface area contributed by atoms with E-state index in [9.17, 15) is 0 Å². The van der Waals surface area contributed by atoms with Crippen LogP contribution in [-0.2, 0) is 7.05 Å². The summed E-state index contributed by atoms with van der Waals surface area (Å²) in [4.78, 5) is 0. The molecule has 0 bridgehead atoms. The van der Waals surface area contributed by atoms with Crippen molar-refractivity contribution in [3.05, 3.63) is 71.3 Å². The molecule has 0 amide bonds. The molecule has 0 saturated carbocycles. The van der Waals surface area contributed by atoms with Gasteiger partial charge >= 0.3 is 0 Å². The Balaban J connectivity index is 1.96. The van der Waals surface area contributed by atoms with E-state index >= 15 is 0 Å². The van der Waals surface area contributed by atoms with Crippen molar-refractivity contribution >= 4 is 46.1 Å². The minimum Gasteiger partial charge on any atom is -0.455 e. The Morgan fingerprint density at radius 2 is 1.73 bits per heavy atom. The second-order valence-corrected chi connectivity index (χ2v) is 15.4. The summed E-state index contributed by atoms with van der Waals surface area (Å²) in [5, 5.41) is 4.15. The maximum absolute atomic E-state index is 9.12. The fourth-order valence-electron chi connectivity index (χ4n) is 4.90. The van der Waals surface area contributed by atoms with Gasteiger partial charge in [0.25, 0.3) is 0 Å². The first-order valence-corrected chi connectivity index (χ1v) is 15.0. The van der Waals surface area contributed by atoms with Crippen LogP contribution in [0.25, 0.3) is 44.1 Å². The van der Waals surface area contributed by atoms with Crippen molar-refractivity contribution < 1.29 is 14.5 Å². The number of rotatable bonds is 3. The van der Waals surface area contributed by atoms with Gasteiger partial charge in [0, 0.05) is 33.8 Å². The fraction of sp³-hybridized carbons (Fsp3) is 0.300. The third-order valence-electron chi connectivity index (χ3n) is 7.00. The van der Waals surface area contributed by atoms with Crippen LogP contribution in [0.5, 0.6) is 0 Å². The molecule has 1 atom stereocenters. The normalized spacial score (nSPS) is 16.5. The molecule has 2 heterocycles. The van der Waals surface area contributed by atoms with Gasteiger partial charge in [0.2, 0.25) is 11.2 Å². The van der Waals surface area contributed by atoms with E-state index in [0.717, 1.165) is 55.2 Å². The summed E-state index contributed by atoms with van der Waals surface area (Å²) in [6.07, 6.45) is 0. The maximum Gasteiger partial charge on any atom is 0.217 e. The predicted octanol–water partition coefficient (Wildman–Crippen LogP) is 7.52. The molecule has 33 heavy (non-hydrogen) atoms. The molecule has 0 aliphatic heterocycles. The molecule has 2 nitrogen and oxygen atoms in total. The van der Waals surface area contributed by atoms with Crippen LogP contribution in [0.2, 0.25) is 19.6 Å². The smallest absolute Gasteiger partial charge is 0.217 e. The summed E-state index contributed by atoms with van der Waals surface area (Å²) in [6, 6.07) is 18.5. The van der Waals surface area contributed by atoms with Crippen LogP contribution in [0.15, 0.2) is 59.0 Å². The molecular formula is C30H34NOSi+. The van der Waals surface area contributed by atoms with E-state index in [4.69, 9.17) is 9.90 Å². The SMILES string of the molecule is [2H]C([2H])([2H])C([2H])(C)c1cc(-c2c(C)c(C)cc3c2oc2ccccc23)[n+](C)c2ccc([Si](C)(C)C)cc12. The number of aromatic nitrogens is 1. The average Bonchev–Trinajstić information content (AvgIpc) is 3.17. The zero-order chi connectivity index (χ0) is 27.1. The second-order valence-electron chi connectivity index (χ2n) is 10.3. The highest BCUT2D eigenvalue weighted by molar-refractivity contribution is 6.88. The van der Waals surface area contributed by atoms with E-state index in [2.05, 4.69) is 68.4 Å². The largest absolute Gasteiger partial charge is 0.455 e. The quantitative estimate of drug-likeness (QED) is 0.203. The molecule has 0 radical (unpaired) electrons. The monoisotopic (exact) mass is 456 g/mol. The molecule has 0 N–H and O–H groups in total. The van der Waals surface area contributed by atoms with Crippen LogP contribution in [0.4, 0.5) is 0 Å². The second kappa shape index (κ2) is 7.56. The van der Waals surface area contributed by atoms with Crippen molar-refractivity contribution in [3.63, 3.8) is 0 Å². The van der Waals surface area contributed by atoms with E-state index in [1.165, 1.54) is 12.1 Å². The lowest BCUT2D eigenvalue weighted by atomic mass is 9.92. The molecule has 0 spiro atoms. The summed E-state index contributed by atoms with van der Waals surface area (Å²) in [6.45, 7) is 10.0. The molecule has 0 fully saturated rings. The van der Waals surface area contributed by atoms with Gasteiger partial charge in [0.1, 0.15) is 18.2 Å². The lowest BCUT2D eigenvalue weighted by molar-refractivity contribution is -0.633. The van der Waals surface area contributed by atoms with Crippen molar-refractivity contribution in [2.45, 2.75) is 53.2 Å². The lowest BCUT2D eigenvalue weighted by Gasteiger charge is -2.19. The van der Waals surface area contributed by atoms with E-state index < -0.39 is 20.8 Å². The van der Waals surface area contributed by atoms with Gasteiger partial charge in [-0.1, -0.05) is 62.9 Å². The highest BCUT2D eigenvalue weighted by Crippen LogP contribution is 2.39. The molecule has 0 saturated heterocycles. The topological polar surface area (TPSA) is 17.0 Å². The van der Waals surface area contributed by atoms with Crippen molar-refractivity contribution in [3.8, 4) is 11.3 Å². The highest BCUT2D eigenvalue weighted by Gasteiger charge is 2.27. The number of benzene rings is 3. The van der Waals surface area contributed by atoms with Gasteiger partial charge in [0.05, 0.1) is 13.6 Å². The van der Waals surface area contributed by atoms with E-state index in [1.54, 1.807) is 0 Å². The molecule has 0 aliphatic carbocycles. The zero-order valence-corrected chi connectivity index (χ0v) is 21.6. The first kappa shape index (κ1) is 17.5. The van der Waals surface area contributed by atoms with Crippen molar-refractivity contribution in [1.29, 1.82) is 0 Å². The van der Waals surface area contributed by atoms with Crippen molar-refractivity contribution in [1.82, 2.24) is 0 Å². The van der Waals surface area contributed by atoms with Gasteiger partial charge in [-0.15, -0.1) is 0 Å². The van der Waals surface area contributed by atoms with Gasteiger partial charge in [-0.05, 0) is 54.6 Å². The molecule has 1 unspecified atom stereocenters. The minimum absolute atomic E-state index is 0.515. The summed E-state index contributed by atoms with van der Waals surface area (Å²) in [5.74, 6) is -1.79. The Kier molecular flexibility index (Phi) is 4.02. The Bertz CT molecular complexity index is 1710. The molecule has 5 aromatic rings. The van der Waals surface area contributed by atoms with Crippen molar-refractivity contribution in [2.75, 3.05) is 0 Å². The van der Waals surface area contributed by atoms with Gasteiger partial charge in [0.15, 0.2) is 0 Å². The van der Waals surface area contributed by atoms with E-state index in [0.29, 0.717) is 5.56 Å². The maximum atomic E-state index is 9.12. The molecule has 3 heteroatoms. The number of aryl methyl sites for hydroxylation is 2. The minimum atomic E-state index is -2.50. The Morgan fingerprint density at radius 1 is 0.970 bits per heavy atom. The molecule has 3 aromatic carbocycles.